The minimum absolute atomic E-state index is 0.112. The van der Waals surface area contributed by atoms with Gasteiger partial charge in [0, 0.05) is 29.8 Å². The first-order valence-corrected chi connectivity index (χ1v) is 9.50. The zero-order chi connectivity index (χ0) is 15.6. The molecule has 1 heterocycles. The van der Waals surface area contributed by atoms with E-state index < -0.39 is 10.0 Å². The Morgan fingerprint density at radius 3 is 2.59 bits per heavy atom. The Balaban J connectivity index is 1.62. The maximum atomic E-state index is 12.2. The maximum absolute atomic E-state index is 12.2. The fourth-order valence-corrected chi connectivity index (χ4v) is 3.76. The van der Waals surface area contributed by atoms with Crippen LogP contribution >= 0.6 is 11.3 Å². The molecule has 22 heavy (non-hydrogen) atoms. The van der Waals surface area contributed by atoms with Gasteiger partial charge in [0.15, 0.2) is 5.78 Å². The van der Waals surface area contributed by atoms with Crippen molar-refractivity contribution in [3.8, 4) is 0 Å². The number of nitrogens with zero attached hydrogens (tertiary/aromatic N) is 1. The normalized spacial score (nSPS) is 14.9. The number of hydrogen-bond acceptors (Lipinski definition) is 5. The van der Waals surface area contributed by atoms with Crippen LogP contribution in [0.5, 0.6) is 0 Å². The Hall–Kier alpha value is -1.57. The summed E-state index contributed by atoms with van der Waals surface area (Å²) in [7, 11) is -3.55. The summed E-state index contributed by atoms with van der Waals surface area (Å²) in [6.07, 6.45) is 2.44. The minimum atomic E-state index is -3.55. The van der Waals surface area contributed by atoms with Crippen molar-refractivity contribution in [2.75, 3.05) is 6.54 Å². The molecule has 1 N–H and O–H groups in total. The Morgan fingerprint density at radius 1 is 1.27 bits per heavy atom. The van der Waals surface area contributed by atoms with Crippen LogP contribution in [0.3, 0.4) is 0 Å². The van der Waals surface area contributed by atoms with Crippen LogP contribution in [0, 0.1) is 5.92 Å². The second-order valence-corrected chi connectivity index (χ2v) is 7.78. The molecule has 1 saturated carbocycles. The first-order valence-electron chi connectivity index (χ1n) is 7.07. The molecule has 0 amide bonds. The van der Waals surface area contributed by atoms with Crippen molar-refractivity contribution in [1.82, 2.24) is 9.71 Å². The summed E-state index contributed by atoms with van der Waals surface area (Å²) in [6, 6.07) is 6.16. The van der Waals surface area contributed by atoms with Crippen LogP contribution in [-0.4, -0.2) is 25.7 Å². The van der Waals surface area contributed by atoms with E-state index in [1.54, 1.807) is 17.6 Å². The molecule has 3 rings (SSSR count). The molecule has 5 nitrogen and oxygen atoms in total. The van der Waals surface area contributed by atoms with E-state index in [9.17, 15) is 13.2 Å². The van der Waals surface area contributed by atoms with Crippen LogP contribution < -0.4 is 4.72 Å². The van der Waals surface area contributed by atoms with Gasteiger partial charge in [-0.15, -0.1) is 11.3 Å². The average Bonchev–Trinajstić information content (AvgIpc) is 3.24. The molecule has 0 saturated heterocycles. The molecule has 1 aliphatic rings. The monoisotopic (exact) mass is 336 g/mol. The molecule has 1 aliphatic carbocycles. The zero-order valence-electron chi connectivity index (χ0n) is 11.9. The smallest absolute Gasteiger partial charge is 0.240 e. The second kappa shape index (κ2) is 6.28. The number of ketones is 1. The maximum Gasteiger partial charge on any atom is 0.240 e. The van der Waals surface area contributed by atoms with Crippen LogP contribution in [-0.2, 0) is 16.4 Å². The number of carbonyl (C=O) groups excluding carboxylic acids is 1. The number of benzene rings is 1. The zero-order valence-corrected chi connectivity index (χ0v) is 13.5. The van der Waals surface area contributed by atoms with Crippen LogP contribution in [0.15, 0.2) is 40.1 Å². The van der Waals surface area contributed by atoms with Crippen molar-refractivity contribution < 1.29 is 13.2 Å². The molecule has 0 radical (unpaired) electrons. The Morgan fingerprint density at radius 2 is 2.00 bits per heavy atom. The van der Waals surface area contributed by atoms with Gasteiger partial charge >= 0.3 is 0 Å². The minimum Gasteiger partial charge on any atom is -0.294 e. The summed E-state index contributed by atoms with van der Waals surface area (Å²) in [5.74, 6) is 0.249. The number of aromatic nitrogens is 1. The van der Waals surface area contributed by atoms with Crippen molar-refractivity contribution in [3.63, 3.8) is 0 Å². The highest BCUT2D eigenvalue weighted by Crippen LogP contribution is 2.32. The van der Waals surface area contributed by atoms with Crippen molar-refractivity contribution in [1.29, 1.82) is 0 Å². The third kappa shape index (κ3) is 3.60. The summed E-state index contributed by atoms with van der Waals surface area (Å²) in [5.41, 5.74) is 3.18. The van der Waals surface area contributed by atoms with E-state index in [0.717, 1.165) is 18.5 Å². The lowest BCUT2D eigenvalue weighted by Gasteiger charge is -2.07. The Bertz CT molecular complexity index is 749. The third-order valence-electron chi connectivity index (χ3n) is 3.55. The molecule has 0 atom stereocenters. The third-order valence-corrected chi connectivity index (χ3v) is 5.67. The molecule has 0 unspecified atom stereocenters. The molecule has 116 valence electrons. The number of nitrogens with one attached hydrogen (secondary N) is 1. The molecule has 0 bridgehead atoms. The lowest BCUT2D eigenvalue weighted by molar-refractivity contribution is 0.0967. The van der Waals surface area contributed by atoms with Gasteiger partial charge in [0.1, 0.15) is 0 Å². The van der Waals surface area contributed by atoms with Gasteiger partial charge in [-0.2, -0.15) is 0 Å². The van der Waals surface area contributed by atoms with E-state index in [0.29, 0.717) is 18.5 Å². The molecule has 1 aromatic carbocycles. The summed E-state index contributed by atoms with van der Waals surface area (Å²) in [6.45, 7) is 0.300. The van der Waals surface area contributed by atoms with Crippen LogP contribution in [0.4, 0.5) is 0 Å². The van der Waals surface area contributed by atoms with E-state index in [2.05, 4.69) is 9.71 Å². The molecule has 7 heteroatoms. The van der Waals surface area contributed by atoms with Gasteiger partial charge in [0.25, 0.3) is 0 Å². The lowest BCUT2D eigenvalue weighted by Crippen LogP contribution is -2.26. The SMILES string of the molecule is O=C(c1ccc(S(=O)(=O)NCCc2cscn2)cc1)C1CC1. The molecule has 1 aromatic heterocycles. The van der Waals surface area contributed by atoms with Gasteiger partial charge in [-0.3, -0.25) is 4.79 Å². The van der Waals surface area contributed by atoms with Crippen molar-refractivity contribution in [2.45, 2.75) is 24.2 Å². The first-order chi connectivity index (χ1) is 10.6. The highest BCUT2D eigenvalue weighted by Gasteiger charge is 2.30. The van der Waals surface area contributed by atoms with Gasteiger partial charge in [-0.1, -0.05) is 12.1 Å². The molecular weight excluding hydrogens is 320 g/mol. The van der Waals surface area contributed by atoms with Gasteiger partial charge in [0.2, 0.25) is 10.0 Å². The van der Waals surface area contributed by atoms with Crippen molar-refractivity contribution in [2.24, 2.45) is 5.92 Å². The predicted octanol–water partition coefficient (Wildman–Crippen LogP) is 2.26. The molecular formula is C15H16N2O3S2. The number of Topliss-reactive ketones (excluding diaryl/α,β-unsaturated/α-hetero) is 1. The van der Waals surface area contributed by atoms with E-state index >= 15 is 0 Å². The van der Waals surface area contributed by atoms with Gasteiger partial charge < -0.3 is 0 Å². The first kappa shape index (κ1) is 15.3. The fourth-order valence-electron chi connectivity index (χ4n) is 2.14. The van der Waals surface area contributed by atoms with E-state index in [4.69, 9.17) is 0 Å². The Labute approximate surface area is 133 Å². The van der Waals surface area contributed by atoms with E-state index in [1.807, 2.05) is 5.38 Å². The van der Waals surface area contributed by atoms with Crippen LogP contribution in [0.25, 0.3) is 0 Å². The van der Waals surface area contributed by atoms with Crippen LogP contribution in [0.2, 0.25) is 0 Å². The van der Waals surface area contributed by atoms with Gasteiger partial charge in [0.05, 0.1) is 16.1 Å². The number of rotatable bonds is 7. The topological polar surface area (TPSA) is 76.1 Å². The summed E-state index contributed by atoms with van der Waals surface area (Å²) < 4.78 is 26.9. The fraction of sp³-hybridized carbons (Fsp3) is 0.333. The number of carbonyl (C=O) groups is 1. The molecule has 0 aliphatic heterocycles. The largest absolute Gasteiger partial charge is 0.294 e. The highest BCUT2D eigenvalue weighted by atomic mass is 32.2. The van der Waals surface area contributed by atoms with Crippen LogP contribution in [0.1, 0.15) is 28.9 Å². The summed E-state index contributed by atoms with van der Waals surface area (Å²) >= 11 is 1.49. The summed E-state index contributed by atoms with van der Waals surface area (Å²) in [5, 5.41) is 1.90. The molecule has 0 spiro atoms. The predicted molar refractivity (Wildman–Crippen MR) is 84.5 cm³/mol. The molecule has 2 aromatic rings. The molecule has 1 fully saturated rings. The van der Waals surface area contributed by atoms with Crippen molar-refractivity contribution >= 4 is 27.1 Å². The van der Waals surface area contributed by atoms with Gasteiger partial charge in [-0.05, 0) is 25.0 Å². The van der Waals surface area contributed by atoms with Crippen molar-refractivity contribution in [3.05, 3.63) is 46.4 Å². The quantitative estimate of drug-likeness (QED) is 0.787. The van der Waals surface area contributed by atoms with Gasteiger partial charge in [-0.25, -0.2) is 18.1 Å². The van der Waals surface area contributed by atoms with E-state index in [1.165, 1.54) is 23.5 Å². The summed E-state index contributed by atoms with van der Waals surface area (Å²) in [4.78, 5) is 16.2. The Kier molecular flexibility index (Phi) is 4.37. The highest BCUT2D eigenvalue weighted by molar-refractivity contribution is 7.89. The number of hydrogen-bond donors (Lipinski definition) is 1. The number of sulfonamides is 1. The number of thiazole rings is 1. The lowest BCUT2D eigenvalue weighted by atomic mass is 10.1. The average molecular weight is 336 g/mol. The standard InChI is InChI=1S/C15H16N2O3S2/c18-15(11-1-2-11)12-3-5-14(6-4-12)22(19,20)17-8-7-13-9-21-10-16-13/h3-6,9-11,17H,1-2,7-8H2. The second-order valence-electron chi connectivity index (χ2n) is 5.29. The van der Waals surface area contributed by atoms with E-state index in [-0.39, 0.29) is 16.6 Å².